The van der Waals surface area contributed by atoms with Crippen LogP contribution in [0.5, 0.6) is 0 Å². The predicted molar refractivity (Wildman–Crippen MR) is 145 cm³/mol. The molecule has 0 bridgehead atoms. The van der Waals surface area contributed by atoms with Crippen molar-refractivity contribution in [2.75, 3.05) is 38.7 Å². The van der Waals surface area contributed by atoms with Crippen LogP contribution in [0.15, 0.2) is 79.1 Å². The summed E-state index contributed by atoms with van der Waals surface area (Å²) in [5.41, 5.74) is 4.20. The van der Waals surface area contributed by atoms with E-state index in [-0.39, 0.29) is 18.0 Å². The first-order valence-corrected chi connectivity index (χ1v) is 12.6. The van der Waals surface area contributed by atoms with Crippen LogP contribution in [0.2, 0.25) is 0 Å². The number of pyridine rings is 1. The summed E-state index contributed by atoms with van der Waals surface area (Å²) < 4.78 is 21.0. The number of ether oxygens (including phenoxy) is 1. The summed E-state index contributed by atoms with van der Waals surface area (Å²) in [7, 11) is 1.66. The van der Waals surface area contributed by atoms with E-state index in [1.165, 1.54) is 12.3 Å². The molecule has 2 aromatic heterocycles. The molecule has 0 saturated carbocycles. The monoisotopic (exact) mass is 514 g/mol. The largest absolute Gasteiger partial charge is 0.383 e. The number of benzene rings is 2. The average molecular weight is 515 g/mol. The maximum atomic E-state index is 14.0. The molecule has 196 valence electrons. The van der Waals surface area contributed by atoms with Gasteiger partial charge in [-0.15, -0.1) is 0 Å². The van der Waals surface area contributed by atoms with Crippen LogP contribution in [-0.2, 0) is 4.74 Å². The van der Waals surface area contributed by atoms with Gasteiger partial charge in [0.1, 0.15) is 11.6 Å². The van der Waals surface area contributed by atoms with Gasteiger partial charge in [0.25, 0.3) is 0 Å². The van der Waals surface area contributed by atoms with E-state index in [0.29, 0.717) is 25.5 Å². The Morgan fingerprint density at radius 2 is 1.82 bits per heavy atom. The van der Waals surface area contributed by atoms with Gasteiger partial charge in [0, 0.05) is 50.0 Å². The fourth-order valence-corrected chi connectivity index (χ4v) is 4.98. The highest BCUT2D eigenvalue weighted by Gasteiger charge is 2.35. The van der Waals surface area contributed by atoms with Crippen molar-refractivity contribution < 1.29 is 13.9 Å². The van der Waals surface area contributed by atoms with E-state index in [0.717, 1.165) is 34.6 Å². The van der Waals surface area contributed by atoms with Crippen LogP contribution in [0.1, 0.15) is 17.0 Å². The van der Waals surface area contributed by atoms with E-state index >= 15 is 0 Å². The Morgan fingerprint density at radius 1 is 1.08 bits per heavy atom. The van der Waals surface area contributed by atoms with Crippen LogP contribution >= 0.6 is 0 Å². The molecule has 8 nitrogen and oxygen atoms in total. The van der Waals surface area contributed by atoms with Gasteiger partial charge < -0.3 is 10.1 Å². The second-order valence-electron chi connectivity index (χ2n) is 9.44. The van der Waals surface area contributed by atoms with Crippen LogP contribution < -0.4 is 10.6 Å². The lowest BCUT2D eigenvalue weighted by Gasteiger charge is -2.21. The number of para-hydroxylation sites is 1. The molecule has 1 fully saturated rings. The molecular formula is C29H31FN6O2. The van der Waals surface area contributed by atoms with Crippen LogP contribution in [0.25, 0.3) is 16.9 Å². The van der Waals surface area contributed by atoms with Crippen molar-refractivity contribution in [2.24, 2.45) is 0 Å². The molecule has 2 aromatic carbocycles. The minimum absolute atomic E-state index is 0.110. The van der Waals surface area contributed by atoms with Crippen molar-refractivity contribution in [3.8, 4) is 16.9 Å². The third-order valence-corrected chi connectivity index (χ3v) is 6.88. The summed E-state index contributed by atoms with van der Waals surface area (Å²) in [5.74, 6) is 0.0865. The van der Waals surface area contributed by atoms with Gasteiger partial charge in [-0.2, -0.15) is 5.10 Å². The number of methoxy groups -OCH3 is 1. The highest BCUT2D eigenvalue weighted by atomic mass is 19.1. The molecule has 4 aromatic rings. The lowest BCUT2D eigenvalue weighted by atomic mass is 9.96. The molecule has 5 rings (SSSR count). The van der Waals surface area contributed by atoms with E-state index in [1.54, 1.807) is 18.0 Å². The smallest absolute Gasteiger partial charge is 0.320 e. The lowest BCUT2D eigenvalue weighted by molar-refractivity contribution is 0.159. The van der Waals surface area contributed by atoms with E-state index in [1.807, 2.05) is 67.6 Å². The maximum absolute atomic E-state index is 14.0. The van der Waals surface area contributed by atoms with Gasteiger partial charge in [-0.3, -0.25) is 15.2 Å². The molecule has 3 heterocycles. The normalized spacial score (nSPS) is 17.4. The predicted octanol–water partition coefficient (Wildman–Crippen LogP) is 4.62. The van der Waals surface area contributed by atoms with Crippen molar-refractivity contribution >= 4 is 11.8 Å². The fraction of sp³-hybridized carbons (Fsp3) is 0.276. The number of carbonyl (C=O) groups is 1. The van der Waals surface area contributed by atoms with E-state index < -0.39 is 5.82 Å². The number of hydrogen-bond donors (Lipinski definition) is 2. The zero-order chi connectivity index (χ0) is 26.5. The zero-order valence-electron chi connectivity index (χ0n) is 21.5. The van der Waals surface area contributed by atoms with Crippen molar-refractivity contribution in [2.45, 2.75) is 18.9 Å². The summed E-state index contributed by atoms with van der Waals surface area (Å²) in [4.78, 5) is 19.7. The number of anilines is 1. The van der Waals surface area contributed by atoms with Gasteiger partial charge in [-0.1, -0.05) is 48.5 Å². The maximum Gasteiger partial charge on any atom is 0.320 e. The van der Waals surface area contributed by atoms with Gasteiger partial charge in [0.2, 0.25) is 0 Å². The number of nitrogens with zero attached hydrogens (tertiary/aromatic N) is 4. The molecule has 2 amide bonds. The van der Waals surface area contributed by atoms with Crippen molar-refractivity contribution in [1.82, 2.24) is 25.0 Å². The quantitative estimate of drug-likeness (QED) is 0.359. The Morgan fingerprint density at radius 3 is 2.53 bits per heavy atom. The second kappa shape index (κ2) is 11.5. The summed E-state index contributed by atoms with van der Waals surface area (Å²) in [5, 5.41) is 11.0. The lowest BCUT2D eigenvalue weighted by Crippen LogP contribution is -2.42. The topological polar surface area (TPSA) is 84.3 Å². The number of rotatable bonds is 8. The standard InChI is InChI=1S/C29H31FN6O2/c1-20-27(21-9-5-3-6-10-21)34-36(24-11-7-4-8-12-24)28(20)33-29(37)32-26-19-35(13-14-38-2)18-25(26)22-15-23(30)17-31-16-22/h3-12,15-17,25-26H,13-14,18-19H2,1-2H3,(H2,32,33,37)/t25-,26+/m1/s1. The summed E-state index contributed by atoms with van der Waals surface area (Å²) >= 11 is 0. The fourth-order valence-electron chi connectivity index (χ4n) is 4.98. The molecule has 0 spiro atoms. The van der Waals surface area contributed by atoms with Crippen LogP contribution in [0.4, 0.5) is 15.0 Å². The molecule has 38 heavy (non-hydrogen) atoms. The Hall–Kier alpha value is -4.08. The number of hydrogen-bond acceptors (Lipinski definition) is 5. The van der Waals surface area contributed by atoms with Gasteiger partial charge in [-0.05, 0) is 30.7 Å². The number of nitrogens with one attached hydrogen (secondary N) is 2. The molecule has 2 atom stereocenters. The average Bonchev–Trinajstić information content (AvgIpc) is 3.49. The summed E-state index contributed by atoms with van der Waals surface area (Å²) in [6, 6.07) is 20.5. The molecule has 9 heteroatoms. The molecule has 0 unspecified atom stereocenters. The Bertz CT molecular complexity index is 1380. The number of carbonyl (C=O) groups excluding carboxylic acids is 1. The number of amides is 2. The van der Waals surface area contributed by atoms with E-state index in [4.69, 9.17) is 9.84 Å². The first-order chi connectivity index (χ1) is 18.5. The zero-order valence-corrected chi connectivity index (χ0v) is 21.5. The number of aromatic nitrogens is 3. The van der Waals surface area contributed by atoms with Gasteiger partial charge in [-0.25, -0.2) is 13.9 Å². The van der Waals surface area contributed by atoms with E-state index in [9.17, 15) is 9.18 Å². The second-order valence-corrected chi connectivity index (χ2v) is 9.44. The number of likely N-dealkylation sites (tertiary alicyclic amines) is 1. The summed E-state index contributed by atoms with van der Waals surface area (Å²) in [6.45, 7) is 4.52. The first kappa shape index (κ1) is 25.6. The third-order valence-electron chi connectivity index (χ3n) is 6.88. The molecule has 0 aliphatic carbocycles. The Kier molecular flexibility index (Phi) is 7.76. The number of urea groups is 1. The van der Waals surface area contributed by atoms with Gasteiger partial charge in [0.15, 0.2) is 0 Å². The first-order valence-electron chi connectivity index (χ1n) is 12.6. The minimum atomic E-state index is -0.392. The molecule has 1 aliphatic heterocycles. The molecule has 0 radical (unpaired) electrons. The Balaban J connectivity index is 1.41. The minimum Gasteiger partial charge on any atom is -0.383 e. The van der Waals surface area contributed by atoms with Crippen molar-refractivity contribution in [1.29, 1.82) is 0 Å². The number of halogens is 1. The van der Waals surface area contributed by atoms with Crippen LogP contribution in [-0.4, -0.2) is 65.1 Å². The Labute approximate surface area is 221 Å². The highest BCUT2D eigenvalue weighted by molar-refractivity contribution is 5.91. The molecular weight excluding hydrogens is 483 g/mol. The van der Waals surface area contributed by atoms with Crippen LogP contribution in [0, 0.1) is 12.7 Å². The molecule has 1 saturated heterocycles. The highest BCUT2D eigenvalue weighted by Crippen LogP contribution is 2.31. The van der Waals surface area contributed by atoms with Crippen molar-refractivity contribution in [3.63, 3.8) is 0 Å². The van der Waals surface area contributed by atoms with Gasteiger partial charge >= 0.3 is 6.03 Å². The van der Waals surface area contributed by atoms with Crippen LogP contribution in [0.3, 0.4) is 0 Å². The van der Waals surface area contributed by atoms with Gasteiger partial charge in [0.05, 0.1) is 30.2 Å². The van der Waals surface area contributed by atoms with Crippen molar-refractivity contribution in [3.05, 3.63) is 96.1 Å². The third kappa shape index (κ3) is 5.58. The van der Waals surface area contributed by atoms with E-state index in [2.05, 4.69) is 20.5 Å². The molecule has 2 N–H and O–H groups in total. The SMILES string of the molecule is COCCN1C[C@H](NC(=O)Nc2c(C)c(-c3ccccc3)nn2-c2ccccc2)[C@@H](c2cncc(F)c2)C1. The molecule has 1 aliphatic rings. The summed E-state index contributed by atoms with van der Waals surface area (Å²) in [6.07, 6.45) is 2.86.